The SMILES string of the molecule is Cc1cccc(C)c1-c1cc(-c2cccc(-c3nc4ccccn4c3-c3cc(-c4ccccc4)cc(-c4ccccc4)c3)c2)nc(-c2ccccc2O)c1. The van der Waals surface area contributed by atoms with Crippen LogP contribution >= 0.6 is 0 Å². The predicted molar refractivity (Wildman–Crippen MR) is 222 cm³/mol. The molecule has 0 fully saturated rings. The molecule has 4 nitrogen and oxygen atoms in total. The van der Waals surface area contributed by atoms with Crippen molar-refractivity contribution in [2.75, 3.05) is 0 Å². The number of rotatable bonds is 7. The van der Waals surface area contributed by atoms with E-state index in [9.17, 15) is 5.11 Å². The minimum absolute atomic E-state index is 0.199. The van der Waals surface area contributed by atoms with Crippen LogP contribution in [0.15, 0.2) is 182 Å². The Bertz CT molecular complexity index is 2720. The van der Waals surface area contributed by atoms with Crippen molar-refractivity contribution in [3.63, 3.8) is 0 Å². The third kappa shape index (κ3) is 6.14. The van der Waals surface area contributed by atoms with Crippen molar-refractivity contribution < 1.29 is 5.11 Å². The Morgan fingerprint density at radius 2 is 0.981 bits per heavy atom. The first kappa shape index (κ1) is 32.8. The number of phenolic OH excluding ortho intramolecular Hbond substituents is 1. The van der Waals surface area contributed by atoms with Crippen LogP contribution in [0.25, 0.3) is 84.1 Å². The van der Waals surface area contributed by atoms with Gasteiger partial charge < -0.3 is 5.11 Å². The van der Waals surface area contributed by atoms with Gasteiger partial charge in [-0.3, -0.25) is 4.40 Å². The molecular weight excluding hydrogens is 659 g/mol. The molecule has 0 radical (unpaired) electrons. The fourth-order valence-electron chi connectivity index (χ4n) is 7.58. The largest absolute Gasteiger partial charge is 0.507 e. The highest BCUT2D eigenvalue weighted by molar-refractivity contribution is 5.89. The van der Waals surface area contributed by atoms with Crippen LogP contribution < -0.4 is 0 Å². The Kier molecular flexibility index (Phi) is 8.41. The first-order chi connectivity index (χ1) is 26.5. The lowest BCUT2D eigenvalue weighted by Crippen LogP contribution is -1.95. The second-order valence-electron chi connectivity index (χ2n) is 13.8. The van der Waals surface area contributed by atoms with Crippen LogP contribution in [-0.2, 0) is 0 Å². The fraction of sp³-hybridized carbons (Fsp3) is 0.0400. The molecule has 3 heterocycles. The third-order valence-electron chi connectivity index (χ3n) is 10.2. The highest BCUT2D eigenvalue weighted by Crippen LogP contribution is 2.40. The van der Waals surface area contributed by atoms with Gasteiger partial charge in [-0.05, 0) is 119 Å². The van der Waals surface area contributed by atoms with E-state index >= 15 is 0 Å². The molecule has 0 saturated carbocycles. The van der Waals surface area contributed by atoms with Crippen LogP contribution in [0.2, 0.25) is 0 Å². The number of phenols is 1. The number of hydrogen-bond donors (Lipinski definition) is 1. The number of para-hydroxylation sites is 1. The molecule has 4 heteroatoms. The first-order valence-corrected chi connectivity index (χ1v) is 18.2. The van der Waals surface area contributed by atoms with E-state index in [1.807, 2.05) is 24.3 Å². The topological polar surface area (TPSA) is 50.4 Å². The van der Waals surface area contributed by atoms with Gasteiger partial charge in [0.05, 0.1) is 22.8 Å². The number of fused-ring (bicyclic) bond motifs is 1. The van der Waals surface area contributed by atoms with Crippen LogP contribution in [0.3, 0.4) is 0 Å². The van der Waals surface area contributed by atoms with Crippen molar-refractivity contribution in [2.24, 2.45) is 0 Å². The van der Waals surface area contributed by atoms with E-state index in [4.69, 9.17) is 9.97 Å². The lowest BCUT2D eigenvalue weighted by molar-refractivity contribution is 0.477. The zero-order valence-corrected chi connectivity index (χ0v) is 30.1. The van der Waals surface area contributed by atoms with Gasteiger partial charge in [0, 0.05) is 28.5 Å². The summed E-state index contributed by atoms with van der Waals surface area (Å²) >= 11 is 0. The van der Waals surface area contributed by atoms with Gasteiger partial charge in [0.15, 0.2) is 0 Å². The van der Waals surface area contributed by atoms with Crippen molar-refractivity contribution in [1.82, 2.24) is 14.4 Å². The van der Waals surface area contributed by atoms with Gasteiger partial charge in [0.2, 0.25) is 0 Å². The minimum Gasteiger partial charge on any atom is -0.507 e. The molecule has 0 amide bonds. The van der Waals surface area contributed by atoms with E-state index in [-0.39, 0.29) is 5.75 Å². The molecule has 0 bridgehead atoms. The molecule has 0 aliphatic heterocycles. The van der Waals surface area contributed by atoms with Crippen molar-refractivity contribution in [1.29, 1.82) is 0 Å². The van der Waals surface area contributed by atoms with E-state index in [1.165, 1.54) is 16.7 Å². The average molecular weight is 696 g/mol. The van der Waals surface area contributed by atoms with Crippen LogP contribution in [0.4, 0.5) is 0 Å². The Balaban J connectivity index is 1.25. The maximum Gasteiger partial charge on any atom is 0.137 e. The quantitative estimate of drug-likeness (QED) is 0.181. The summed E-state index contributed by atoms with van der Waals surface area (Å²) in [5.41, 5.74) is 17.2. The highest BCUT2D eigenvalue weighted by atomic mass is 16.3. The molecule has 9 aromatic rings. The van der Waals surface area contributed by atoms with E-state index in [0.29, 0.717) is 11.3 Å². The van der Waals surface area contributed by atoms with Gasteiger partial charge >= 0.3 is 0 Å². The minimum atomic E-state index is 0.199. The monoisotopic (exact) mass is 695 g/mol. The van der Waals surface area contributed by atoms with Gasteiger partial charge in [-0.15, -0.1) is 0 Å². The molecule has 0 aliphatic carbocycles. The van der Waals surface area contributed by atoms with Crippen molar-refractivity contribution in [2.45, 2.75) is 13.8 Å². The molecule has 0 spiro atoms. The van der Waals surface area contributed by atoms with Gasteiger partial charge in [0.1, 0.15) is 11.4 Å². The van der Waals surface area contributed by atoms with E-state index < -0.39 is 0 Å². The zero-order chi connectivity index (χ0) is 36.6. The summed E-state index contributed by atoms with van der Waals surface area (Å²) < 4.78 is 2.19. The van der Waals surface area contributed by atoms with Crippen LogP contribution in [0.1, 0.15) is 11.1 Å². The summed E-state index contributed by atoms with van der Waals surface area (Å²) in [5, 5.41) is 10.9. The summed E-state index contributed by atoms with van der Waals surface area (Å²) in [6, 6.07) is 60.6. The third-order valence-corrected chi connectivity index (χ3v) is 10.2. The molecule has 54 heavy (non-hydrogen) atoms. The lowest BCUT2D eigenvalue weighted by atomic mass is 9.92. The number of imidazole rings is 1. The fourth-order valence-corrected chi connectivity index (χ4v) is 7.58. The Labute approximate surface area is 315 Å². The molecular formula is C50H37N3O. The first-order valence-electron chi connectivity index (χ1n) is 18.2. The number of pyridine rings is 2. The average Bonchev–Trinajstić information content (AvgIpc) is 3.61. The molecule has 1 N–H and O–H groups in total. The molecule has 3 aromatic heterocycles. The molecule has 258 valence electrons. The highest BCUT2D eigenvalue weighted by Gasteiger charge is 2.20. The standard InChI is InChI=1S/C50H37N3O/c1-33-15-13-16-34(2)48(33)41-31-44(51-45(32-41)43-23-9-10-24-46(43)54)37-21-14-22-38(27-37)49-50(53-26-12-11-25-47(53)52-49)42-29-39(35-17-5-3-6-18-35)28-40(30-42)36-19-7-4-8-20-36/h3-32,54H,1-2H3. The number of nitrogens with zero attached hydrogens (tertiary/aromatic N) is 3. The van der Waals surface area contributed by atoms with Crippen LogP contribution in [0, 0.1) is 13.8 Å². The summed E-state index contributed by atoms with van der Waals surface area (Å²) in [5.74, 6) is 0.199. The Morgan fingerprint density at radius 3 is 1.69 bits per heavy atom. The number of hydrogen-bond acceptors (Lipinski definition) is 3. The van der Waals surface area contributed by atoms with Crippen molar-refractivity contribution >= 4 is 5.65 Å². The normalized spacial score (nSPS) is 11.2. The lowest BCUT2D eigenvalue weighted by Gasteiger charge is -2.15. The Morgan fingerprint density at radius 1 is 0.426 bits per heavy atom. The summed E-state index contributed by atoms with van der Waals surface area (Å²) in [7, 11) is 0. The maximum absolute atomic E-state index is 10.9. The second kappa shape index (κ2) is 13.8. The van der Waals surface area contributed by atoms with Gasteiger partial charge in [-0.2, -0.15) is 0 Å². The maximum atomic E-state index is 10.9. The van der Waals surface area contributed by atoms with Gasteiger partial charge in [-0.1, -0.05) is 115 Å². The number of benzene rings is 6. The number of aryl methyl sites for hydroxylation is 2. The summed E-state index contributed by atoms with van der Waals surface area (Å²) in [6.07, 6.45) is 2.09. The van der Waals surface area contributed by atoms with Gasteiger partial charge in [-0.25, -0.2) is 9.97 Å². The molecule has 9 rings (SSSR count). The summed E-state index contributed by atoms with van der Waals surface area (Å²) in [6.45, 7) is 4.29. The van der Waals surface area contributed by atoms with Crippen molar-refractivity contribution in [3.05, 3.63) is 193 Å². The van der Waals surface area contributed by atoms with E-state index in [2.05, 4.69) is 170 Å². The Hall–Kier alpha value is -7.04. The van der Waals surface area contributed by atoms with Crippen molar-refractivity contribution in [3.8, 4) is 84.2 Å². The van der Waals surface area contributed by atoms with E-state index in [1.54, 1.807) is 6.07 Å². The molecule has 0 unspecified atom stereocenters. The van der Waals surface area contributed by atoms with Crippen LogP contribution in [-0.4, -0.2) is 19.5 Å². The molecule has 0 aliphatic rings. The molecule has 0 atom stereocenters. The number of aromatic hydroxyl groups is 1. The molecule has 6 aromatic carbocycles. The molecule has 0 saturated heterocycles. The predicted octanol–water partition coefficient (Wildman–Crippen LogP) is 12.7. The summed E-state index contributed by atoms with van der Waals surface area (Å²) in [4.78, 5) is 10.5. The second-order valence-corrected chi connectivity index (χ2v) is 13.8. The van der Waals surface area contributed by atoms with Gasteiger partial charge in [0.25, 0.3) is 0 Å². The van der Waals surface area contributed by atoms with Crippen LogP contribution in [0.5, 0.6) is 5.75 Å². The smallest absolute Gasteiger partial charge is 0.137 e. The number of aromatic nitrogens is 3. The van der Waals surface area contributed by atoms with E-state index in [0.717, 1.165) is 67.2 Å². The zero-order valence-electron chi connectivity index (χ0n) is 30.1.